The maximum Gasteiger partial charge on any atom is 0.131 e. The summed E-state index contributed by atoms with van der Waals surface area (Å²) in [5.41, 5.74) is 2.06. The minimum atomic E-state index is 0.314. The first-order valence-electron chi connectivity index (χ1n) is 6.24. The lowest BCUT2D eigenvalue weighted by Gasteiger charge is -2.11. The van der Waals surface area contributed by atoms with Crippen LogP contribution in [-0.2, 0) is 6.42 Å². The first-order valence-corrected chi connectivity index (χ1v) is 6.24. The minimum Gasteiger partial charge on any atom is -0.261 e. The molecule has 4 nitrogen and oxygen atoms in total. The molecule has 18 heavy (non-hydrogen) atoms. The van der Waals surface area contributed by atoms with Gasteiger partial charge in [-0.05, 0) is 12.5 Å². The van der Waals surface area contributed by atoms with Gasteiger partial charge in [0.2, 0.25) is 0 Å². The van der Waals surface area contributed by atoms with Gasteiger partial charge in [-0.3, -0.25) is 9.97 Å². The summed E-state index contributed by atoms with van der Waals surface area (Å²) in [7, 11) is 0. The number of hydrogen-bond donors (Lipinski definition) is 0. The second-order valence-corrected chi connectivity index (χ2v) is 4.80. The van der Waals surface area contributed by atoms with E-state index >= 15 is 0 Å². The molecule has 2 aromatic rings. The van der Waals surface area contributed by atoms with E-state index in [-0.39, 0.29) is 0 Å². The Labute approximate surface area is 108 Å². The molecule has 2 aromatic heterocycles. The maximum atomic E-state index is 4.58. The molecule has 0 amide bonds. The van der Waals surface area contributed by atoms with Gasteiger partial charge in [0.25, 0.3) is 0 Å². The average molecular weight is 242 g/mol. The minimum absolute atomic E-state index is 0.314. The molecule has 0 bridgehead atoms. The fourth-order valence-electron chi connectivity index (χ4n) is 1.79. The van der Waals surface area contributed by atoms with Crippen molar-refractivity contribution in [2.75, 3.05) is 0 Å². The first-order chi connectivity index (χ1) is 8.66. The molecule has 0 fully saturated rings. The van der Waals surface area contributed by atoms with Gasteiger partial charge < -0.3 is 0 Å². The summed E-state index contributed by atoms with van der Waals surface area (Å²) in [4.78, 5) is 17.3. The van der Waals surface area contributed by atoms with Crippen molar-refractivity contribution in [1.29, 1.82) is 0 Å². The lowest BCUT2D eigenvalue weighted by atomic mass is 10.0. The van der Waals surface area contributed by atoms with Crippen molar-refractivity contribution in [1.82, 2.24) is 19.9 Å². The summed E-state index contributed by atoms with van der Waals surface area (Å²) in [5, 5.41) is 0. The monoisotopic (exact) mass is 242 g/mol. The number of hydrogen-bond acceptors (Lipinski definition) is 4. The molecule has 0 aliphatic carbocycles. The zero-order chi connectivity index (χ0) is 13.0. The highest BCUT2D eigenvalue weighted by molar-refractivity contribution is 5.11. The summed E-state index contributed by atoms with van der Waals surface area (Å²) >= 11 is 0. The van der Waals surface area contributed by atoms with E-state index in [2.05, 4.69) is 40.7 Å². The Hall–Kier alpha value is -1.84. The largest absolute Gasteiger partial charge is 0.261 e. The zero-order valence-electron chi connectivity index (χ0n) is 11.0. The first kappa shape index (κ1) is 12.6. The van der Waals surface area contributed by atoms with Crippen molar-refractivity contribution >= 4 is 0 Å². The Morgan fingerprint density at radius 1 is 1.06 bits per heavy atom. The van der Waals surface area contributed by atoms with Gasteiger partial charge >= 0.3 is 0 Å². The molecule has 1 atom stereocenters. The Kier molecular flexibility index (Phi) is 3.97. The highest BCUT2D eigenvalue weighted by Gasteiger charge is 2.10. The van der Waals surface area contributed by atoms with Gasteiger partial charge in [-0.1, -0.05) is 20.8 Å². The van der Waals surface area contributed by atoms with E-state index in [1.165, 1.54) is 0 Å². The van der Waals surface area contributed by atoms with E-state index in [1.54, 1.807) is 12.4 Å². The van der Waals surface area contributed by atoms with E-state index in [0.29, 0.717) is 11.8 Å². The molecule has 0 spiro atoms. The molecule has 2 heterocycles. The summed E-state index contributed by atoms with van der Waals surface area (Å²) in [6.45, 7) is 6.34. The van der Waals surface area contributed by atoms with Crippen molar-refractivity contribution in [3.05, 3.63) is 48.1 Å². The van der Waals surface area contributed by atoms with Crippen molar-refractivity contribution in [3.63, 3.8) is 0 Å². The van der Waals surface area contributed by atoms with Gasteiger partial charge in [0.05, 0.1) is 5.69 Å². The van der Waals surface area contributed by atoms with E-state index in [9.17, 15) is 0 Å². The van der Waals surface area contributed by atoms with E-state index < -0.39 is 0 Å². The van der Waals surface area contributed by atoms with Crippen LogP contribution in [0.25, 0.3) is 0 Å². The number of rotatable bonds is 4. The third kappa shape index (κ3) is 3.09. The SMILES string of the molecule is CC(C)c1nccc(CC(C)c2cnccn2)n1. The number of aromatic nitrogens is 4. The predicted octanol–water partition coefficient (Wildman–Crippen LogP) is 2.74. The van der Waals surface area contributed by atoms with Gasteiger partial charge in [-0.2, -0.15) is 0 Å². The molecule has 0 saturated heterocycles. The van der Waals surface area contributed by atoms with E-state index in [0.717, 1.165) is 23.6 Å². The van der Waals surface area contributed by atoms with Crippen molar-refractivity contribution in [3.8, 4) is 0 Å². The van der Waals surface area contributed by atoms with Gasteiger partial charge in [0.15, 0.2) is 0 Å². The lowest BCUT2D eigenvalue weighted by Crippen LogP contribution is -2.06. The quantitative estimate of drug-likeness (QED) is 0.827. The molecule has 2 rings (SSSR count). The Bertz CT molecular complexity index is 496. The van der Waals surface area contributed by atoms with E-state index in [1.807, 2.05) is 18.5 Å². The predicted molar refractivity (Wildman–Crippen MR) is 70.3 cm³/mol. The van der Waals surface area contributed by atoms with Crippen LogP contribution in [0, 0.1) is 0 Å². The average Bonchev–Trinajstić information content (AvgIpc) is 2.40. The summed E-state index contributed by atoms with van der Waals surface area (Å²) < 4.78 is 0. The van der Waals surface area contributed by atoms with Crippen molar-refractivity contribution < 1.29 is 0 Å². The van der Waals surface area contributed by atoms with Crippen LogP contribution in [0.4, 0.5) is 0 Å². The summed E-state index contributed by atoms with van der Waals surface area (Å²) in [6, 6.07) is 1.97. The van der Waals surface area contributed by atoms with Gasteiger partial charge in [0.1, 0.15) is 5.82 Å². The van der Waals surface area contributed by atoms with Gasteiger partial charge in [-0.15, -0.1) is 0 Å². The number of nitrogens with zero attached hydrogens (tertiary/aromatic N) is 4. The maximum absolute atomic E-state index is 4.58. The highest BCUT2D eigenvalue weighted by atomic mass is 14.9. The fraction of sp³-hybridized carbons (Fsp3) is 0.429. The smallest absolute Gasteiger partial charge is 0.131 e. The molecule has 94 valence electrons. The normalized spacial score (nSPS) is 12.7. The van der Waals surface area contributed by atoms with Crippen LogP contribution in [0.5, 0.6) is 0 Å². The van der Waals surface area contributed by atoms with Gasteiger partial charge in [-0.25, -0.2) is 9.97 Å². The fourth-order valence-corrected chi connectivity index (χ4v) is 1.79. The van der Waals surface area contributed by atoms with Crippen LogP contribution >= 0.6 is 0 Å². The van der Waals surface area contributed by atoms with Crippen molar-refractivity contribution in [2.45, 2.75) is 39.0 Å². The second kappa shape index (κ2) is 5.67. The Balaban J connectivity index is 2.12. The van der Waals surface area contributed by atoms with Crippen LogP contribution in [0.3, 0.4) is 0 Å². The topological polar surface area (TPSA) is 51.6 Å². The summed E-state index contributed by atoms with van der Waals surface area (Å²) in [6.07, 6.45) is 7.93. The van der Waals surface area contributed by atoms with Gasteiger partial charge in [0, 0.05) is 42.3 Å². The van der Waals surface area contributed by atoms with Crippen molar-refractivity contribution in [2.24, 2.45) is 0 Å². The van der Waals surface area contributed by atoms with E-state index in [4.69, 9.17) is 0 Å². The van der Waals surface area contributed by atoms with Crippen LogP contribution < -0.4 is 0 Å². The second-order valence-electron chi connectivity index (χ2n) is 4.80. The molecule has 0 aliphatic rings. The standard InChI is InChI=1S/C14H18N4/c1-10(2)14-17-5-4-12(18-14)8-11(3)13-9-15-6-7-16-13/h4-7,9-11H,8H2,1-3H3. The third-order valence-electron chi connectivity index (χ3n) is 2.85. The molecule has 0 radical (unpaired) electrons. The van der Waals surface area contributed by atoms with Crippen LogP contribution in [0.2, 0.25) is 0 Å². The molecule has 0 aromatic carbocycles. The Morgan fingerprint density at radius 3 is 2.56 bits per heavy atom. The molecule has 0 N–H and O–H groups in total. The third-order valence-corrected chi connectivity index (χ3v) is 2.85. The molecule has 0 saturated carbocycles. The molecular weight excluding hydrogens is 224 g/mol. The van der Waals surface area contributed by atoms with Crippen LogP contribution in [-0.4, -0.2) is 19.9 Å². The Morgan fingerprint density at radius 2 is 1.89 bits per heavy atom. The van der Waals surface area contributed by atoms with Crippen LogP contribution in [0.15, 0.2) is 30.9 Å². The highest BCUT2D eigenvalue weighted by Crippen LogP contribution is 2.17. The molecule has 4 heteroatoms. The molecule has 1 unspecified atom stereocenters. The van der Waals surface area contributed by atoms with Crippen LogP contribution in [0.1, 0.15) is 49.8 Å². The molecule has 0 aliphatic heterocycles. The lowest BCUT2D eigenvalue weighted by molar-refractivity contribution is 0.688. The molecular formula is C14H18N4. The zero-order valence-corrected chi connectivity index (χ0v) is 11.0. The summed E-state index contributed by atoms with van der Waals surface area (Å²) in [5.74, 6) is 1.57.